The molecular weight excluding hydrogens is 434 g/mol. The Kier molecular flexibility index (Phi) is 7.48. The normalized spacial score (nSPS) is 13.3. The average molecular weight is 472 g/mol. The van der Waals surface area contributed by atoms with Crippen LogP contribution in [-0.2, 0) is 6.54 Å². The molecule has 0 fully saturated rings. The summed E-state index contributed by atoms with van der Waals surface area (Å²) >= 11 is 0. The van der Waals surface area contributed by atoms with Crippen LogP contribution in [0.4, 0.5) is 5.82 Å². The largest absolute Gasteiger partial charge is 0.354 e. The zero-order chi connectivity index (χ0) is 25.0. The molecule has 7 heteroatoms. The van der Waals surface area contributed by atoms with Crippen molar-refractivity contribution in [2.24, 2.45) is 5.73 Å². The summed E-state index contributed by atoms with van der Waals surface area (Å²) in [7, 11) is 4.11. The molecule has 0 bridgehead atoms. The standard InChI is InChI=1S/C28H37N7/c1-6-16-28(29,33(4)5)20-34(7-2)25-13-12-24-27(32-25)35(19-22-14-17-30-18-15-22)26(31-24)23-10-8-21(3)9-11-23/h8-15,17-18H,6-7,16,19-20,29H2,1-5H3/t28-/m0/s1. The highest BCUT2D eigenvalue weighted by molar-refractivity contribution is 5.79. The number of nitrogens with two attached hydrogens (primary N) is 1. The molecule has 7 nitrogen and oxygen atoms in total. The van der Waals surface area contributed by atoms with Crippen molar-refractivity contribution in [3.63, 3.8) is 0 Å². The Morgan fingerprint density at radius 3 is 2.29 bits per heavy atom. The second-order valence-corrected chi connectivity index (χ2v) is 9.52. The number of nitrogens with zero attached hydrogens (tertiary/aromatic N) is 6. The van der Waals surface area contributed by atoms with E-state index in [0.29, 0.717) is 13.1 Å². The maximum Gasteiger partial charge on any atom is 0.162 e. The molecular formula is C28H37N7. The molecule has 3 aromatic heterocycles. The number of pyridine rings is 2. The predicted octanol–water partition coefficient (Wildman–Crippen LogP) is 4.69. The molecule has 0 aliphatic heterocycles. The van der Waals surface area contributed by atoms with Crippen LogP contribution in [0.5, 0.6) is 0 Å². The number of fused-ring (bicyclic) bond motifs is 1. The van der Waals surface area contributed by atoms with Gasteiger partial charge in [0.2, 0.25) is 0 Å². The maximum atomic E-state index is 6.84. The van der Waals surface area contributed by atoms with Crippen molar-refractivity contribution in [1.82, 2.24) is 24.4 Å². The molecule has 4 rings (SSSR count). The van der Waals surface area contributed by atoms with Crippen molar-refractivity contribution in [2.45, 2.75) is 45.8 Å². The Hall–Kier alpha value is -3.29. The van der Waals surface area contributed by atoms with Crippen molar-refractivity contribution < 1.29 is 0 Å². The lowest BCUT2D eigenvalue weighted by Gasteiger charge is -2.40. The first-order chi connectivity index (χ1) is 16.8. The van der Waals surface area contributed by atoms with Gasteiger partial charge in [-0.2, -0.15) is 0 Å². The molecule has 1 aromatic carbocycles. The van der Waals surface area contributed by atoms with Crippen LogP contribution >= 0.6 is 0 Å². The van der Waals surface area contributed by atoms with E-state index in [0.717, 1.165) is 53.3 Å². The fourth-order valence-corrected chi connectivity index (χ4v) is 4.47. The highest BCUT2D eigenvalue weighted by Crippen LogP contribution is 2.28. The van der Waals surface area contributed by atoms with Crippen LogP contribution in [0.25, 0.3) is 22.6 Å². The summed E-state index contributed by atoms with van der Waals surface area (Å²) in [6.45, 7) is 8.61. The molecule has 4 aromatic rings. The second-order valence-electron chi connectivity index (χ2n) is 9.52. The molecule has 0 aliphatic carbocycles. The smallest absolute Gasteiger partial charge is 0.162 e. The Balaban J connectivity index is 1.80. The minimum atomic E-state index is -0.425. The van der Waals surface area contributed by atoms with E-state index in [1.807, 2.05) is 24.5 Å². The Labute approximate surface area is 208 Å². The Morgan fingerprint density at radius 1 is 0.943 bits per heavy atom. The lowest BCUT2D eigenvalue weighted by molar-refractivity contribution is 0.150. The number of aromatic nitrogens is 4. The van der Waals surface area contributed by atoms with Crippen molar-refractivity contribution >= 4 is 17.0 Å². The molecule has 0 aliphatic rings. The lowest BCUT2D eigenvalue weighted by Crippen LogP contribution is -2.59. The topological polar surface area (TPSA) is 76.1 Å². The number of likely N-dealkylation sites (N-methyl/N-ethyl adjacent to an activating group) is 2. The van der Waals surface area contributed by atoms with Gasteiger partial charge in [0.1, 0.15) is 17.2 Å². The minimum absolute atomic E-state index is 0.425. The summed E-state index contributed by atoms with van der Waals surface area (Å²) in [5.74, 6) is 1.83. The SMILES string of the molecule is CCC[C@@](N)(CN(CC)c1ccc2nc(-c3ccc(C)cc3)n(Cc3ccncc3)c2n1)N(C)C. The molecule has 3 heterocycles. The number of rotatable bonds is 10. The quantitative estimate of drug-likeness (QED) is 0.338. The Morgan fingerprint density at radius 2 is 1.66 bits per heavy atom. The van der Waals surface area contributed by atoms with Gasteiger partial charge >= 0.3 is 0 Å². The van der Waals surface area contributed by atoms with E-state index in [-0.39, 0.29) is 0 Å². The lowest BCUT2D eigenvalue weighted by atomic mass is 10.0. The molecule has 2 N–H and O–H groups in total. The first kappa shape index (κ1) is 24.8. The van der Waals surface area contributed by atoms with E-state index >= 15 is 0 Å². The van der Waals surface area contributed by atoms with Crippen LogP contribution < -0.4 is 10.6 Å². The average Bonchev–Trinajstić information content (AvgIpc) is 3.21. The third-order valence-electron chi connectivity index (χ3n) is 6.72. The van der Waals surface area contributed by atoms with Crippen LogP contribution in [0.2, 0.25) is 0 Å². The van der Waals surface area contributed by atoms with Crippen LogP contribution in [0.15, 0.2) is 60.9 Å². The van der Waals surface area contributed by atoms with Crippen molar-refractivity contribution in [2.75, 3.05) is 32.1 Å². The summed E-state index contributed by atoms with van der Waals surface area (Å²) in [6, 6.07) is 16.7. The molecule has 0 saturated carbocycles. The van der Waals surface area contributed by atoms with E-state index in [1.54, 1.807) is 0 Å². The van der Waals surface area contributed by atoms with Gasteiger partial charge in [-0.15, -0.1) is 0 Å². The number of imidazole rings is 1. The maximum absolute atomic E-state index is 6.84. The first-order valence-corrected chi connectivity index (χ1v) is 12.4. The number of benzene rings is 1. The highest BCUT2D eigenvalue weighted by Gasteiger charge is 2.30. The van der Waals surface area contributed by atoms with Crippen LogP contribution in [0.3, 0.4) is 0 Å². The van der Waals surface area contributed by atoms with Gasteiger partial charge in [0.05, 0.1) is 18.8 Å². The van der Waals surface area contributed by atoms with E-state index in [2.05, 4.69) is 90.6 Å². The van der Waals surface area contributed by atoms with Crippen molar-refractivity contribution in [3.8, 4) is 11.4 Å². The molecule has 35 heavy (non-hydrogen) atoms. The van der Waals surface area contributed by atoms with Crippen molar-refractivity contribution in [1.29, 1.82) is 0 Å². The molecule has 0 unspecified atom stereocenters. The van der Waals surface area contributed by atoms with Gasteiger partial charge < -0.3 is 15.2 Å². The van der Waals surface area contributed by atoms with Gasteiger partial charge in [-0.05, 0) is 64.2 Å². The number of aryl methyl sites for hydroxylation is 1. The zero-order valence-electron chi connectivity index (χ0n) is 21.6. The third-order valence-corrected chi connectivity index (χ3v) is 6.72. The predicted molar refractivity (Wildman–Crippen MR) is 144 cm³/mol. The van der Waals surface area contributed by atoms with Gasteiger partial charge in [0, 0.05) is 24.5 Å². The van der Waals surface area contributed by atoms with Gasteiger partial charge in [-0.3, -0.25) is 9.88 Å². The highest BCUT2D eigenvalue weighted by atomic mass is 15.3. The van der Waals surface area contributed by atoms with Crippen LogP contribution in [0, 0.1) is 6.92 Å². The third kappa shape index (κ3) is 5.36. The summed E-state index contributed by atoms with van der Waals surface area (Å²) in [5.41, 5.74) is 11.6. The van der Waals surface area contributed by atoms with E-state index < -0.39 is 5.66 Å². The van der Waals surface area contributed by atoms with E-state index in [1.165, 1.54) is 5.56 Å². The first-order valence-electron chi connectivity index (χ1n) is 12.4. The van der Waals surface area contributed by atoms with Crippen molar-refractivity contribution in [3.05, 3.63) is 72.1 Å². The van der Waals surface area contributed by atoms with E-state index in [9.17, 15) is 0 Å². The fraction of sp³-hybridized carbons (Fsp3) is 0.393. The Bertz CT molecular complexity index is 1250. The summed E-state index contributed by atoms with van der Waals surface area (Å²) < 4.78 is 2.21. The minimum Gasteiger partial charge on any atom is -0.354 e. The molecule has 0 radical (unpaired) electrons. The van der Waals surface area contributed by atoms with Gasteiger partial charge in [-0.1, -0.05) is 43.2 Å². The molecule has 1 atom stereocenters. The number of anilines is 1. The fourth-order valence-electron chi connectivity index (χ4n) is 4.47. The molecule has 0 amide bonds. The van der Waals surface area contributed by atoms with Crippen LogP contribution in [0.1, 0.15) is 37.8 Å². The van der Waals surface area contributed by atoms with E-state index in [4.69, 9.17) is 15.7 Å². The molecule has 0 saturated heterocycles. The number of hydrogen-bond donors (Lipinski definition) is 1. The van der Waals surface area contributed by atoms with Gasteiger partial charge in [0.15, 0.2) is 5.65 Å². The molecule has 0 spiro atoms. The second kappa shape index (κ2) is 10.5. The monoisotopic (exact) mass is 471 g/mol. The summed E-state index contributed by atoms with van der Waals surface area (Å²) in [5, 5.41) is 0. The van der Waals surface area contributed by atoms with Crippen LogP contribution in [-0.4, -0.2) is 57.3 Å². The number of hydrogen-bond acceptors (Lipinski definition) is 6. The summed E-state index contributed by atoms with van der Waals surface area (Å²) in [4.78, 5) is 18.7. The summed E-state index contributed by atoms with van der Waals surface area (Å²) in [6.07, 6.45) is 5.59. The van der Waals surface area contributed by atoms with Gasteiger partial charge in [-0.25, -0.2) is 9.97 Å². The van der Waals surface area contributed by atoms with Gasteiger partial charge in [0.25, 0.3) is 0 Å². The zero-order valence-corrected chi connectivity index (χ0v) is 21.6. The molecule has 184 valence electrons.